The molecule has 0 atom stereocenters. The summed E-state index contributed by atoms with van der Waals surface area (Å²) in [5.74, 6) is 0.804. The fourth-order valence-electron chi connectivity index (χ4n) is 1.55. The van der Waals surface area contributed by atoms with Crippen LogP contribution in [0.25, 0.3) is 0 Å². The van der Waals surface area contributed by atoms with Crippen molar-refractivity contribution in [3.8, 4) is 11.5 Å². The Labute approximate surface area is 104 Å². The highest BCUT2D eigenvalue weighted by Crippen LogP contribution is 2.29. The molecular weight excluding hydrogens is 214 g/mol. The van der Waals surface area contributed by atoms with Crippen molar-refractivity contribution in [1.82, 2.24) is 5.32 Å². The van der Waals surface area contributed by atoms with Gasteiger partial charge in [0.25, 0.3) is 0 Å². The van der Waals surface area contributed by atoms with E-state index in [-0.39, 0.29) is 11.2 Å². The quantitative estimate of drug-likeness (QED) is 0.827. The number of hydrogen-bond acceptors (Lipinski definition) is 3. The monoisotopic (exact) mass is 237 g/mol. The first-order valence-corrected chi connectivity index (χ1v) is 6.08. The third kappa shape index (κ3) is 4.65. The zero-order valence-electron chi connectivity index (χ0n) is 11.2. The molecule has 1 aromatic carbocycles. The van der Waals surface area contributed by atoms with Crippen molar-refractivity contribution >= 4 is 0 Å². The summed E-state index contributed by atoms with van der Waals surface area (Å²) in [5.41, 5.74) is 1.12. The van der Waals surface area contributed by atoms with E-state index in [1.165, 1.54) is 0 Å². The zero-order valence-corrected chi connectivity index (χ0v) is 11.2. The number of rotatable bonds is 5. The van der Waals surface area contributed by atoms with Crippen LogP contribution in [0.2, 0.25) is 0 Å². The summed E-state index contributed by atoms with van der Waals surface area (Å²) in [6.45, 7) is 10.6. The van der Waals surface area contributed by atoms with Crippen LogP contribution in [-0.2, 0) is 6.54 Å². The summed E-state index contributed by atoms with van der Waals surface area (Å²) in [6.07, 6.45) is 0. The smallest absolute Gasteiger partial charge is 0.162 e. The highest BCUT2D eigenvalue weighted by Gasteiger charge is 2.11. The second-order valence-corrected chi connectivity index (χ2v) is 5.36. The van der Waals surface area contributed by atoms with E-state index in [0.29, 0.717) is 18.9 Å². The van der Waals surface area contributed by atoms with Gasteiger partial charge in [0.2, 0.25) is 0 Å². The van der Waals surface area contributed by atoms with Crippen molar-refractivity contribution in [2.75, 3.05) is 13.2 Å². The fraction of sp³-hybridized carbons (Fsp3) is 0.571. The molecule has 1 rings (SSSR count). The molecule has 3 nitrogen and oxygen atoms in total. The number of phenols is 1. The van der Waals surface area contributed by atoms with E-state index in [4.69, 9.17) is 4.74 Å². The first-order chi connectivity index (χ1) is 7.94. The lowest BCUT2D eigenvalue weighted by molar-refractivity contribution is 0.315. The van der Waals surface area contributed by atoms with E-state index in [1.807, 2.05) is 19.1 Å². The van der Waals surface area contributed by atoms with Crippen molar-refractivity contribution in [1.29, 1.82) is 0 Å². The maximum atomic E-state index is 9.98. The molecule has 1 aromatic rings. The van der Waals surface area contributed by atoms with Crippen LogP contribution in [0.15, 0.2) is 18.2 Å². The molecule has 17 heavy (non-hydrogen) atoms. The van der Waals surface area contributed by atoms with Gasteiger partial charge in [-0.25, -0.2) is 0 Å². The second kappa shape index (κ2) is 5.92. The van der Waals surface area contributed by atoms with Gasteiger partial charge in [0.15, 0.2) is 11.5 Å². The van der Waals surface area contributed by atoms with Crippen molar-refractivity contribution in [3.05, 3.63) is 23.8 Å². The van der Waals surface area contributed by atoms with Gasteiger partial charge in [-0.15, -0.1) is 0 Å². The zero-order chi connectivity index (χ0) is 12.9. The Morgan fingerprint density at radius 2 is 2.00 bits per heavy atom. The Hall–Kier alpha value is -1.22. The number of aromatic hydroxyl groups is 1. The van der Waals surface area contributed by atoms with E-state index < -0.39 is 0 Å². The van der Waals surface area contributed by atoms with Gasteiger partial charge in [-0.1, -0.05) is 32.9 Å². The molecule has 96 valence electrons. The topological polar surface area (TPSA) is 41.5 Å². The summed E-state index contributed by atoms with van der Waals surface area (Å²) < 4.78 is 5.35. The van der Waals surface area contributed by atoms with Crippen molar-refractivity contribution < 1.29 is 9.84 Å². The number of ether oxygens (including phenoxy) is 1. The van der Waals surface area contributed by atoms with E-state index >= 15 is 0 Å². The molecule has 0 aromatic heterocycles. The van der Waals surface area contributed by atoms with E-state index in [2.05, 4.69) is 26.1 Å². The molecule has 0 radical (unpaired) electrons. The lowest BCUT2D eigenvalue weighted by Gasteiger charge is -2.19. The molecular formula is C14H23NO2. The molecule has 0 spiro atoms. The molecule has 0 aliphatic carbocycles. The number of hydrogen-bond donors (Lipinski definition) is 2. The number of nitrogens with one attached hydrogen (secondary N) is 1. The minimum atomic E-state index is 0.243. The highest BCUT2D eigenvalue weighted by molar-refractivity contribution is 5.45. The normalized spacial score (nSPS) is 11.5. The minimum Gasteiger partial charge on any atom is -0.504 e. The third-order valence-electron chi connectivity index (χ3n) is 2.35. The van der Waals surface area contributed by atoms with Gasteiger partial charge in [0, 0.05) is 18.7 Å². The predicted molar refractivity (Wildman–Crippen MR) is 70.4 cm³/mol. The lowest BCUT2D eigenvalue weighted by Crippen LogP contribution is -2.26. The first-order valence-electron chi connectivity index (χ1n) is 6.08. The van der Waals surface area contributed by atoms with Gasteiger partial charge in [0.05, 0.1) is 6.61 Å². The minimum absolute atomic E-state index is 0.243. The largest absolute Gasteiger partial charge is 0.504 e. The molecule has 0 heterocycles. The molecule has 3 heteroatoms. The summed E-state index contributed by atoms with van der Waals surface area (Å²) >= 11 is 0. The Kier molecular flexibility index (Phi) is 4.82. The first kappa shape index (κ1) is 13.8. The SMILES string of the molecule is CCOc1cccc(CNCC(C)(C)C)c1O. The Balaban J connectivity index is 2.62. The second-order valence-electron chi connectivity index (χ2n) is 5.36. The summed E-state index contributed by atoms with van der Waals surface area (Å²) in [6, 6.07) is 5.60. The van der Waals surface area contributed by atoms with Gasteiger partial charge in [-0.05, 0) is 18.4 Å². The van der Waals surface area contributed by atoms with Gasteiger partial charge < -0.3 is 15.2 Å². The lowest BCUT2D eigenvalue weighted by atomic mass is 9.97. The fourth-order valence-corrected chi connectivity index (χ4v) is 1.55. The summed E-state index contributed by atoms with van der Waals surface area (Å²) in [7, 11) is 0. The van der Waals surface area contributed by atoms with Crippen LogP contribution < -0.4 is 10.1 Å². The highest BCUT2D eigenvalue weighted by atomic mass is 16.5. The van der Waals surface area contributed by atoms with Crippen LogP contribution in [0.5, 0.6) is 11.5 Å². The van der Waals surface area contributed by atoms with Crippen molar-refractivity contribution in [3.63, 3.8) is 0 Å². The summed E-state index contributed by atoms with van der Waals surface area (Å²) in [4.78, 5) is 0. The van der Waals surface area contributed by atoms with E-state index in [1.54, 1.807) is 6.07 Å². The van der Waals surface area contributed by atoms with E-state index in [9.17, 15) is 5.11 Å². The average molecular weight is 237 g/mol. The van der Waals surface area contributed by atoms with Crippen LogP contribution in [0.4, 0.5) is 0 Å². The molecule has 0 saturated carbocycles. The van der Waals surface area contributed by atoms with Gasteiger partial charge >= 0.3 is 0 Å². The van der Waals surface area contributed by atoms with Gasteiger partial charge in [-0.2, -0.15) is 0 Å². The van der Waals surface area contributed by atoms with Crippen LogP contribution >= 0.6 is 0 Å². The molecule has 0 aliphatic heterocycles. The Morgan fingerprint density at radius 1 is 1.29 bits per heavy atom. The average Bonchev–Trinajstić information content (AvgIpc) is 2.22. The molecule has 0 saturated heterocycles. The maximum Gasteiger partial charge on any atom is 0.162 e. The molecule has 0 unspecified atom stereocenters. The maximum absolute atomic E-state index is 9.98. The Bertz CT molecular complexity index is 356. The number of phenolic OH excluding ortho intramolecular Hbond substituents is 1. The predicted octanol–water partition coefficient (Wildman–Crippen LogP) is 2.93. The summed E-state index contributed by atoms with van der Waals surface area (Å²) in [5, 5.41) is 13.3. The standard InChI is InChI=1S/C14H23NO2/c1-5-17-12-8-6-7-11(13(12)16)9-15-10-14(2,3)4/h6-8,15-16H,5,9-10H2,1-4H3. The van der Waals surface area contributed by atoms with E-state index in [0.717, 1.165) is 12.1 Å². The van der Waals surface area contributed by atoms with Gasteiger partial charge in [-0.3, -0.25) is 0 Å². The molecule has 0 fully saturated rings. The molecule has 0 bridgehead atoms. The van der Waals surface area contributed by atoms with Crippen LogP contribution in [-0.4, -0.2) is 18.3 Å². The van der Waals surface area contributed by atoms with Crippen molar-refractivity contribution in [2.24, 2.45) is 5.41 Å². The molecule has 0 amide bonds. The van der Waals surface area contributed by atoms with Crippen LogP contribution in [0, 0.1) is 5.41 Å². The Morgan fingerprint density at radius 3 is 2.59 bits per heavy atom. The third-order valence-corrected chi connectivity index (χ3v) is 2.35. The van der Waals surface area contributed by atoms with Crippen LogP contribution in [0.1, 0.15) is 33.3 Å². The molecule has 2 N–H and O–H groups in total. The number of para-hydroxylation sites is 1. The van der Waals surface area contributed by atoms with Crippen molar-refractivity contribution in [2.45, 2.75) is 34.2 Å². The van der Waals surface area contributed by atoms with Crippen LogP contribution in [0.3, 0.4) is 0 Å². The molecule has 0 aliphatic rings. The van der Waals surface area contributed by atoms with Gasteiger partial charge in [0.1, 0.15) is 0 Å². The number of benzene rings is 1.